The van der Waals surface area contributed by atoms with Crippen molar-refractivity contribution < 1.29 is 4.79 Å². The van der Waals surface area contributed by atoms with Crippen molar-refractivity contribution in [1.82, 2.24) is 4.81 Å². The Morgan fingerprint density at radius 2 is 1.89 bits per heavy atom. The van der Waals surface area contributed by atoms with E-state index in [0.717, 1.165) is 24.8 Å². The predicted octanol–water partition coefficient (Wildman–Crippen LogP) is 0.151. The van der Waals surface area contributed by atoms with Crippen molar-refractivity contribution in [1.29, 1.82) is 0 Å². The van der Waals surface area contributed by atoms with Gasteiger partial charge < -0.3 is 4.81 Å². The monoisotopic (exact) mass is 273 g/mol. The van der Waals surface area contributed by atoms with Gasteiger partial charge >= 0.3 is 0 Å². The van der Waals surface area contributed by atoms with Crippen LogP contribution in [0.2, 0.25) is 10.2 Å². The van der Waals surface area contributed by atoms with Crippen LogP contribution in [0.5, 0.6) is 0 Å². The van der Waals surface area contributed by atoms with Gasteiger partial charge in [0.1, 0.15) is 21.5 Å². The first-order valence-electron chi connectivity index (χ1n) is 6.80. The van der Waals surface area contributed by atoms with Crippen molar-refractivity contribution in [3.8, 4) is 0 Å². The van der Waals surface area contributed by atoms with Crippen LogP contribution >= 0.6 is 11.6 Å². The van der Waals surface area contributed by atoms with Gasteiger partial charge in [0.05, 0.1) is 5.54 Å². The molecule has 1 aromatic rings. The van der Waals surface area contributed by atoms with Gasteiger partial charge in [-0.1, -0.05) is 42.6 Å². The van der Waals surface area contributed by atoms with E-state index in [4.69, 9.17) is 11.6 Å². The van der Waals surface area contributed by atoms with E-state index in [1.807, 2.05) is 59.8 Å². The van der Waals surface area contributed by atoms with E-state index in [-0.39, 0.29) is 11.0 Å². The van der Waals surface area contributed by atoms with Gasteiger partial charge in [0, 0.05) is 5.02 Å². The molecule has 1 saturated carbocycles. The van der Waals surface area contributed by atoms with Crippen LogP contribution in [0.25, 0.3) is 0 Å². The Hall–Kier alpha value is -0.665. The molecule has 98 valence electrons. The summed E-state index contributed by atoms with van der Waals surface area (Å²) < 4.78 is 0. The van der Waals surface area contributed by atoms with Crippen LogP contribution in [0.3, 0.4) is 0 Å². The molecule has 2 nitrogen and oxygen atoms in total. The summed E-state index contributed by atoms with van der Waals surface area (Å²) in [6.45, 7) is 0. The molecule has 1 fully saturated rings. The topological polar surface area (TPSA) is 20.3 Å². The molecule has 2 rings (SSSR count). The molecule has 0 unspecified atom stereocenters. The molecule has 0 bridgehead atoms. The van der Waals surface area contributed by atoms with E-state index in [0.29, 0.717) is 5.02 Å². The molecule has 0 aromatic heterocycles. The number of likely N-dealkylation sites (N-methyl/N-ethyl adjacent to an activating group) is 1. The summed E-state index contributed by atoms with van der Waals surface area (Å²) in [5.41, 5.74) is 0.361. The highest BCUT2D eigenvalue weighted by molar-refractivity contribution is 6.52. The first-order chi connectivity index (χ1) is 8.82. The fourth-order valence-corrected chi connectivity index (χ4v) is 3.59. The molecule has 0 saturated heterocycles. The van der Waals surface area contributed by atoms with Gasteiger partial charge in [0.15, 0.2) is 7.98 Å². The summed E-state index contributed by atoms with van der Waals surface area (Å²) in [5, 5.41) is 0.393. The second-order valence-corrected chi connectivity index (χ2v) is 6.71. The smallest absolute Gasteiger partial charge is 0.186 e. The van der Waals surface area contributed by atoms with Crippen LogP contribution in [-0.4, -0.2) is 41.3 Å². The lowest BCUT2D eigenvalue weighted by molar-refractivity contribution is -0.132. The Bertz CT molecular complexity index is 506. The molecule has 0 aliphatic heterocycles. The molecule has 0 amide bonds. The van der Waals surface area contributed by atoms with Crippen molar-refractivity contribution in [2.75, 3.05) is 7.05 Å². The average Bonchev–Trinajstić information content (AvgIpc) is 2.33. The van der Waals surface area contributed by atoms with Gasteiger partial charge in [0.2, 0.25) is 0 Å². The number of carbonyl (C=O) groups excluding carboxylic acids is 1. The first kappa shape index (κ1) is 14.7. The Labute approximate surface area is 123 Å². The highest BCUT2D eigenvalue weighted by atomic mass is 35.5. The number of rotatable bonds is 2. The summed E-state index contributed by atoms with van der Waals surface area (Å²) >= 11 is 6.37. The van der Waals surface area contributed by atoms with Crippen molar-refractivity contribution in [2.45, 2.75) is 30.0 Å². The van der Waals surface area contributed by atoms with Gasteiger partial charge in [-0.3, -0.25) is 4.79 Å². The van der Waals surface area contributed by atoms with Gasteiger partial charge in [-0.05, 0) is 30.3 Å². The lowest BCUT2D eigenvalue weighted by atomic mass is 9.43. The Morgan fingerprint density at radius 1 is 1.26 bits per heavy atom. The van der Waals surface area contributed by atoms with E-state index < -0.39 is 5.54 Å². The third-order valence-electron chi connectivity index (χ3n) is 4.41. The maximum Gasteiger partial charge on any atom is 0.186 e. The molecule has 0 N–H and O–H groups in total. The van der Waals surface area contributed by atoms with E-state index in [9.17, 15) is 4.79 Å². The number of nitrogens with zero attached hydrogens (tertiary/aromatic N) is 1. The van der Waals surface area contributed by atoms with E-state index in [2.05, 4.69) is 0 Å². The van der Waals surface area contributed by atoms with Crippen LogP contribution in [-0.2, 0) is 10.3 Å². The predicted molar refractivity (Wildman–Crippen MR) is 88.1 cm³/mol. The van der Waals surface area contributed by atoms with Gasteiger partial charge in [-0.15, -0.1) is 0 Å². The molecular formula is C13H19B3ClNO. The number of hydrogen-bond acceptors (Lipinski definition) is 2. The van der Waals surface area contributed by atoms with Crippen LogP contribution in [0.15, 0.2) is 24.3 Å². The molecule has 6 heteroatoms. The Balaban J connectivity index is 2.62. The third-order valence-corrected chi connectivity index (χ3v) is 4.74. The van der Waals surface area contributed by atoms with Crippen molar-refractivity contribution >= 4 is 41.1 Å². The molecule has 0 heterocycles. The number of benzene rings is 1. The van der Waals surface area contributed by atoms with E-state index in [1.54, 1.807) is 0 Å². The maximum atomic E-state index is 13.1. The maximum absolute atomic E-state index is 13.1. The van der Waals surface area contributed by atoms with E-state index >= 15 is 0 Å². The van der Waals surface area contributed by atoms with Gasteiger partial charge in [-0.2, -0.15) is 0 Å². The Kier molecular flexibility index (Phi) is 3.90. The van der Waals surface area contributed by atoms with Crippen molar-refractivity contribution in [3.05, 3.63) is 34.9 Å². The number of halogens is 1. The second-order valence-electron chi connectivity index (χ2n) is 6.30. The average molecular weight is 273 g/mol. The summed E-state index contributed by atoms with van der Waals surface area (Å²) in [5.74, 6) is 0.282. The zero-order valence-electron chi connectivity index (χ0n) is 12.2. The molecule has 1 aliphatic rings. The molecule has 1 atom stereocenters. The highest BCUT2D eigenvalue weighted by Crippen LogP contribution is 2.48. The lowest BCUT2D eigenvalue weighted by Crippen LogP contribution is -2.56. The number of Topliss-reactive ketones (excluding diaryl/α,β-unsaturated/α-hetero) is 1. The fraction of sp³-hybridized carbons (Fsp3) is 0.462. The fourth-order valence-electron chi connectivity index (χ4n) is 3.29. The van der Waals surface area contributed by atoms with Gasteiger partial charge in [0.25, 0.3) is 0 Å². The summed E-state index contributed by atoms with van der Waals surface area (Å²) in [7, 11) is 8.04. The molecular weight excluding hydrogens is 254 g/mol. The largest absolute Gasteiger partial charge is 0.337 e. The van der Waals surface area contributed by atoms with Crippen molar-refractivity contribution in [2.24, 2.45) is 0 Å². The summed E-state index contributed by atoms with van der Waals surface area (Å²) in [6.07, 6.45) is 2.83. The quantitative estimate of drug-likeness (QED) is 0.715. The van der Waals surface area contributed by atoms with Gasteiger partial charge in [-0.25, -0.2) is 0 Å². The molecule has 19 heavy (non-hydrogen) atoms. The molecule has 0 spiro atoms. The van der Waals surface area contributed by atoms with Crippen LogP contribution in [0.4, 0.5) is 0 Å². The molecule has 1 aromatic carbocycles. The number of carbonyl (C=O) groups is 1. The normalized spacial score (nSPS) is 26.6. The standard InChI is InChI=1S/C13H19B3ClNO/c1-18(16)12(9-5-2-3-6-10(9)17)7-4-8-13(14,15)11(12)19/h2-3,5-6H,4,7-8,14-16H2,1H3/t12-/m1/s1. The Morgan fingerprint density at radius 3 is 2.47 bits per heavy atom. The SMILES string of the molecule is BN(C)[C@@]1(c2ccccc2Cl)CCCC(B)(B)C1=O. The highest BCUT2D eigenvalue weighted by Gasteiger charge is 2.51. The minimum Gasteiger partial charge on any atom is -0.337 e. The zero-order chi connectivity index (χ0) is 14.3. The second kappa shape index (κ2) is 5.03. The zero-order valence-corrected chi connectivity index (χ0v) is 12.9. The third kappa shape index (κ3) is 2.27. The number of ketones is 1. The molecule has 0 radical (unpaired) electrons. The minimum atomic E-state index is -0.583. The van der Waals surface area contributed by atoms with E-state index in [1.165, 1.54) is 0 Å². The van der Waals surface area contributed by atoms with Crippen LogP contribution < -0.4 is 0 Å². The van der Waals surface area contributed by atoms with Crippen molar-refractivity contribution in [3.63, 3.8) is 0 Å². The first-order valence-corrected chi connectivity index (χ1v) is 7.17. The lowest BCUT2D eigenvalue weighted by Gasteiger charge is -2.48. The minimum absolute atomic E-state index is 0.282. The summed E-state index contributed by atoms with van der Waals surface area (Å²) in [6, 6.07) is 7.73. The number of hydrogen-bond donors (Lipinski definition) is 0. The summed E-state index contributed by atoms with van der Waals surface area (Å²) in [4.78, 5) is 15.1. The van der Waals surface area contributed by atoms with Crippen LogP contribution in [0, 0.1) is 0 Å². The molecule has 1 aliphatic carbocycles. The van der Waals surface area contributed by atoms with Crippen LogP contribution in [0.1, 0.15) is 24.8 Å².